The van der Waals surface area contributed by atoms with Crippen LogP contribution in [0.4, 0.5) is 0 Å². The number of carbonyl (C=O) groups excluding carboxylic acids is 1. The van der Waals surface area contributed by atoms with Crippen molar-refractivity contribution < 1.29 is 4.79 Å². The molecule has 3 aromatic rings. The van der Waals surface area contributed by atoms with E-state index in [1.165, 1.54) is 27.8 Å². The molecule has 1 amide bonds. The Hall–Kier alpha value is -3.24. The fourth-order valence-electron chi connectivity index (χ4n) is 4.75. The van der Waals surface area contributed by atoms with Crippen molar-refractivity contribution in [1.29, 1.82) is 0 Å². The lowest BCUT2D eigenvalue weighted by Gasteiger charge is -2.41. The number of benzene rings is 2. The third kappa shape index (κ3) is 5.77. The van der Waals surface area contributed by atoms with Crippen LogP contribution in [0.25, 0.3) is 11.1 Å². The highest BCUT2D eigenvalue weighted by Gasteiger charge is 2.41. The Morgan fingerprint density at radius 2 is 1.76 bits per heavy atom. The molecule has 0 unspecified atom stereocenters. The highest BCUT2D eigenvalue weighted by Crippen LogP contribution is 2.36. The van der Waals surface area contributed by atoms with Gasteiger partial charge < -0.3 is 5.32 Å². The molecule has 1 aliphatic heterocycles. The zero-order valence-corrected chi connectivity index (χ0v) is 19.5. The van der Waals surface area contributed by atoms with Crippen LogP contribution in [0.3, 0.4) is 0 Å². The minimum absolute atomic E-state index is 0.147. The lowest BCUT2D eigenvalue weighted by molar-refractivity contribution is -0.133. The van der Waals surface area contributed by atoms with Crippen molar-refractivity contribution in [1.82, 2.24) is 15.2 Å². The summed E-state index contributed by atoms with van der Waals surface area (Å²) in [6, 6.07) is 21.4. The van der Waals surface area contributed by atoms with E-state index in [0.29, 0.717) is 6.54 Å². The van der Waals surface area contributed by atoms with Gasteiger partial charge in [-0.15, -0.1) is 6.58 Å². The average molecular weight is 440 g/mol. The molecule has 0 saturated carbocycles. The molecule has 33 heavy (non-hydrogen) atoms. The largest absolute Gasteiger partial charge is 0.352 e. The Labute approximate surface area is 197 Å². The van der Waals surface area contributed by atoms with Gasteiger partial charge in [0.2, 0.25) is 5.91 Å². The van der Waals surface area contributed by atoms with E-state index < -0.39 is 0 Å². The van der Waals surface area contributed by atoms with E-state index >= 15 is 0 Å². The maximum absolute atomic E-state index is 13.3. The predicted octanol–water partition coefficient (Wildman–Crippen LogP) is 5.18. The number of nitrogens with zero attached hydrogens (tertiary/aromatic N) is 2. The molecule has 4 nitrogen and oxygen atoms in total. The molecule has 0 atom stereocenters. The standard InChI is InChI=1S/C29H33N3O/c1-3-15-31-28(33)29(13-18-32(19-14-29)22-25-11-16-30-17-12-25)21-24-7-9-26(10-8-24)27-6-4-5-23(2)20-27/h3-12,16-17,20H,1,13-15,18-19,21-22H2,2H3,(H,31,33). The molecule has 2 heterocycles. The predicted molar refractivity (Wildman–Crippen MR) is 135 cm³/mol. The van der Waals surface area contributed by atoms with Crippen LogP contribution in [-0.2, 0) is 17.8 Å². The van der Waals surface area contributed by atoms with Crippen LogP contribution in [0.2, 0.25) is 0 Å². The first-order valence-corrected chi connectivity index (χ1v) is 11.7. The van der Waals surface area contributed by atoms with E-state index in [4.69, 9.17) is 0 Å². The number of pyridine rings is 1. The van der Waals surface area contributed by atoms with Gasteiger partial charge in [0.05, 0.1) is 5.41 Å². The Morgan fingerprint density at radius 3 is 2.42 bits per heavy atom. The molecule has 0 bridgehead atoms. The molecule has 0 spiro atoms. The number of likely N-dealkylation sites (tertiary alicyclic amines) is 1. The molecule has 4 rings (SSSR count). The van der Waals surface area contributed by atoms with Crippen LogP contribution in [0.1, 0.15) is 29.5 Å². The van der Waals surface area contributed by atoms with Crippen LogP contribution in [0.5, 0.6) is 0 Å². The first-order chi connectivity index (χ1) is 16.1. The van der Waals surface area contributed by atoms with Crippen LogP contribution >= 0.6 is 0 Å². The molecule has 1 fully saturated rings. The summed E-state index contributed by atoms with van der Waals surface area (Å²) < 4.78 is 0. The molecular formula is C29H33N3O. The monoisotopic (exact) mass is 439 g/mol. The van der Waals surface area contributed by atoms with Crippen molar-refractivity contribution in [2.24, 2.45) is 5.41 Å². The van der Waals surface area contributed by atoms with Gasteiger partial charge in [0.15, 0.2) is 0 Å². The molecule has 1 aromatic heterocycles. The fraction of sp³-hybridized carbons (Fsp3) is 0.310. The van der Waals surface area contributed by atoms with Gasteiger partial charge in [-0.1, -0.05) is 60.2 Å². The van der Waals surface area contributed by atoms with Crippen LogP contribution in [-0.4, -0.2) is 35.4 Å². The molecule has 0 aliphatic carbocycles. The summed E-state index contributed by atoms with van der Waals surface area (Å²) in [5.41, 5.74) is 5.78. The van der Waals surface area contributed by atoms with Gasteiger partial charge in [0.1, 0.15) is 0 Å². The third-order valence-electron chi connectivity index (χ3n) is 6.71. The van der Waals surface area contributed by atoms with Crippen LogP contribution in [0, 0.1) is 12.3 Å². The van der Waals surface area contributed by atoms with E-state index in [2.05, 4.69) is 89.4 Å². The minimum Gasteiger partial charge on any atom is -0.352 e. The number of aryl methyl sites for hydroxylation is 1. The van der Waals surface area contributed by atoms with Crippen molar-refractivity contribution in [2.45, 2.75) is 32.7 Å². The van der Waals surface area contributed by atoms with Crippen molar-refractivity contribution in [3.63, 3.8) is 0 Å². The molecule has 1 saturated heterocycles. The first-order valence-electron chi connectivity index (χ1n) is 11.7. The van der Waals surface area contributed by atoms with Crippen molar-refractivity contribution in [3.8, 4) is 11.1 Å². The van der Waals surface area contributed by atoms with Crippen molar-refractivity contribution >= 4 is 5.91 Å². The lowest BCUT2D eigenvalue weighted by atomic mass is 9.72. The molecule has 170 valence electrons. The van der Waals surface area contributed by atoms with Crippen LogP contribution in [0.15, 0.2) is 85.7 Å². The fourth-order valence-corrected chi connectivity index (χ4v) is 4.75. The average Bonchev–Trinajstić information content (AvgIpc) is 2.85. The number of amides is 1. The van der Waals surface area contributed by atoms with Gasteiger partial charge >= 0.3 is 0 Å². The topological polar surface area (TPSA) is 45.2 Å². The number of rotatable bonds is 8. The third-order valence-corrected chi connectivity index (χ3v) is 6.71. The number of hydrogen-bond donors (Lipinski definition) is 1. The first kappa shape index (κ1) is 22.9. The summed E-state index contributed by atoms with van der Waals surface area (Å²) in [7, 11) is 0. The normalized spacial score (nSPS) is 15.7. The van der Waals surface area contributed by atoms with E-state index in [0.717, 1.165) is 38.9 Å². The maximum atomic E-state index is 13.3. The van der Waals surface area contributed by atoms with Crippen molar-refractivity contribution in [3.05, 3.63) is 102 Å². The zero-order chi connectivity index (χ0) is 23.1. The van der Waals surface area contributed by atoms with Gasteiger partial charge in [-0.2, -0.15) is 0 Å². The molecule has 4 heteroatoms. The second kappa shape index (κ2) is 10.6. The summed E-state index contributed by atoms with van der Waals surface area (Å²) in [6.07, 6.45) is 7.88. The Morgan fingerprint density at radius 1 is 1.03 bits per heavy atom. The number of aromatic nitrogens is 1. The van der Waals surface area contributed by atoms with E-state index in [9.17, 15) is 4.79 Å². The lowest BCUT2D eigenvalue weighted by Crippen LogP contribution is -2.49. The Kier molecular flexibility index (Phi) is 7.36. The van der Waals surface area contributed by atoms with E-state index in [1.807, 2.05) is 12.4 Å². The Bertz CT molecular complexity index is 1070. The summed E-state index contributed by atoms with van der Waals surface area (Å²) in [6.45, 7) is 9.10. The van der Waals surface area contributed by atoms with Crippen molar-refractivity contribution in [2.75, 3.05) is 19.6 Å². The number of hydrogen-bond acceptors (Lipinski definition) is 3. The summed E-state index contributed by atoms with van der Waals surface area (Å²) in [5, 5.41) is 3.09. The van der Waals surface area contributed by atoms with Gasteiger partial charge in [-0.05, 0) is 73.7 Å². The number of carbonyl (C=O) groups is 1. The van der Waals surface area contributed by atoms with Gasteiger partial charge in [-0.3, -0.25) is 14.7 Å². The smallest absolute Gasteiger partial charge is 0.226 e. The van der Waals surface area contributed by atoms with Crippen LogP contribution < -0.4 is 5.32 Å². The van der Waals surface area contributed by atoms with Gasteiger partial charge in [0.25, 0.3) is 0 Å². The number of nitrogens with one attached hydrogen (secondary N) is 1. The van der Waals surface area contributed by atoms with E-state index in [-0.39, 0.29) is 11.3 Å². The molecule has 1 aliphatic rings. The highest BCUT2D eigenvalue weighted by molar-refractivity contribution is 5.83. The molecular weight excluding hydrogens is 406 g/mol. The summed E-state index contributed by atoms with van der Waals surface area (Å²) in [4.78, 5) is 19.8. The molecule has 2 aromatic carbocycles. The molecule has 1 N–H and O–H groups in total. The SMILES string of the molecule is C=CCNC(=O)C1(Cc2ccc(-c3cccc(C)c3)cc2)CCN(Cc2ccncc2)CC1. The molecule has 0 radical (unpaired) electrons. The second-order valence-corrected chi connectivity index (χ2v) is 9.15. The summed E-state index contributed by atoms with van der Waals surface area (Å²) >= 11 is 0. The maximum Gasteiger partial charge on any atom is 0.226 e. The van der Waals surface area contributed by atoms with Gasteiger partial charge in [-0.25, -0.2) is 0 Å². The zero-order valence-electron chi connectivity index (χ0n) is 19.5. The quantitative estimate of drug-likeness (QED) is 0.492. The highest BCUT2D eigenvalue weighted by atomic mass is 16.2. The number of piperidine rings is 1. The minimum atomic E-state index is -0.386. The second-order valence-electron chi connectivity index (χ2n) is 9.15. The van der Waals surface area contributed by atoms with E-state index in [1.54, 1.807) is 6.08 Å². The Balaban J connectivity index is 1.48. The summed E-state index contributed by atoms with van der Waals surface area (Å²) in [5.74, 6) is 0.147. The van der Waals surface area contributed by atoms with Gasteiger partial charge in [0, 0.05) is 25.5 Å².